The molecule has 0 amide bonds. The first-order chi connectivity index (χ1) is 22.2. The van der Waals surface area contributed by atoms with E-state index in [9.17, 15) is 9.90 Å². The molecule has 4 atom stereocenters. The molecule has 3 heterocycles. The lowest BCUT2D eigenvalue weighted by Gasteiger charge is -2.33. The Morgan fingerprint density at radius 2 is 2.07 bits per heavy atom. The number of para-hydroxylation sites is 1. The predicted molar refractivity (Wildman–Crippen MR) is 175 cm³/mol. The molecule has 8 nitrogen and oxygen atoms in total. The van der Waals surface area contributed by atoms with Gasteiger partial charge in [0.15, 0.2) is 0 Å². The van der Waals surface area contributed by atoms with Crippen LogP contribution in [0.25, 0.3) is 5.70 Å². The number of aryl methyl sites for hydroxylation is 1. The van der Waals surface area contributed by atoms with Gasteiger partial charge in [-0.1, -0.05) is 50.3 Å². The van der Waals surface area contributed by atoms with Crippen LogP contribution in [0, 0.1) is 24.6 Å². The Balaban J connectivity index is 1.18. The maximum Gasteiger partial charge on any atom is 0.342 e. The van der Waals surface area contributed by atoms with Gasteiger partial charge in [-0.3, -0.25) is 4.90 Å². The molecular weight excluding hydrogens is 585 g/mol. The molecule has 0 saturated carbocycles. The van der Waals surface area contributed by atoms with E-state index in [1.807, 2.05) is 31.2 Å². The van der Waals surface area contributed by atoms with Crippen LogP contribution in [-0.4, -0.2) is 58.7 Å². The number of aromatic nitrogens is 2. The molecule has 4 unspecified atom stereocenters. The van der Waals surface area contributed by atoms with Gasteiger partial charge >= 0.3 is 5.97 Å². The van der Waals surface area contributed by atoms with Gasteiger partial charge in [0.25, 0.3) is 0 Å². The third-order valence-corrected chi connectivity index (χ3v) is 9.95. The second-order valence-corrected chi connectivity index (χ2v) is 12.9. The summed E-state index contributed by atoms with van der Waals surface area (Å²) in [6.45, 7) is 9.83. The van der Waals surface area contributed by atoms with Crippen molar-refractivity contribution in [3.8, 4) is 11.6 Å². The molecule has 3 aromatic rings. The number of ether oxygens (including phenoxy) is 3. The van der Waals surface area contributed by atoms with Crippen molar-refractivity contribution in [3.63, 3.8) is 0 Å². The van der Waals surface area contributed by atoms with Gasteiger partial charge in [0.05, 0.1) is 19.4 Å². The minimum Gasteiger partial charge on any atom is -0.488 e. The molecule has 6 rings (SSSR count). The van der Waals surface area contributed by atoms with Crippen LogP contribution in [0.3, 0.4) is 0 Å². The van der Waals surface area contributed by atoms with Gasteiger partial charge in [-0.2, -0.15) is 5.10 Å². The molecule has 2 aliphatic heterocycles. The number of benzene rings is 2. The highest BCUT2D eigenvalue weighted by atomic mass is 19.1. The van der Waals surface area contributed by atoms with Crippen molar-refractivity contribution >= 4 is 11.7 Å². The van der Waals surface area contributed by atoms with E-state index in [4.69, 9.17) is 14.2 Å². The summed E-state index contributed by atoms with van der Waals surface area (Å²) in [5.41, 5.74) is 5.63. The third kappa shape index (κ3) is 6.48. The molecule has 1 fully saturated rings. The van der Waals surface area contributed by atoms with Gasteiger partial charge in [-0.05, 0) is 67.4 Å². The average molecular weight is 630 g/mol. The number of halogens is 1. The second kappa shape index (κ2) is 13.8. The third-order valence-electron chi connectivity index (χ3n) is 9.95. The molecule has 1 aliphatic carbocycles. The van der Waals surface area contributed by atoms with Crippen molar-refractivity contribution in [1.29, 1.82) is 0 Å². The summed E-state index contributed by atoms with van der Waals surface area (Å²) >= 11 is 0. The molecule has 1 saturated heterocycles. The first-order valence-electron chi connectivity index (χ1n) is 16.4. The maximum atomic E-state index is 15.5. The smallest absolute Gasteiger partial charge is 0.342 e. The predicted octanol–water partition coefficient (Wildman–Crippen LogP) is 7.01. The lowest BCUT2D eigenvalue weighted by molar-refractivity contribution is -0.00822. The number of carboxylic acids is 1. The Bertz CT molecular complexity index is 1640. The summed E-state index contributed by atoms with van der Waals surface area (Å²) in [7, 11) is 1.46. The fourth-order valence-corrected chi connectivity index (χ4v) is 7.20. The summed E-state index contributed by atoms with van der Waals surface area (Å²) in [5.74, 6) is -0.115. The lowest BCUT2D eigenvalue weighted by atomic mass is 9.78. The van der Waals surface area contributed by atoms with Crippen molar-refractivity contribution in [2.24, 2.45) is 11.8 Å². The summed E-state index contributed by atoms with van der Waals surface area (Å²) in [6, 6.07) is 9.92. The molecule has 244 valence electrons. The number of methoxy groups -OCH3 is 1. The van der Waals surface area contributed by atoms with E-state index >= 15 is 4.39 Å². The van der Waals surface area contributed by atoms with E-state index in [2.05, 4.69) is 42.1 Å². The Hall–Kier alpha value is -3.95. The molecule has 0 bridgehead atoms. The van der Waals surface area contributed by atoms with E-state index in [0.717, 1.165) is 78.2 Å². The van der Waals surface area contributed by atoms with Crippen molar-refractivity contribution in [2.45, 2.75) is 71.6 Å². The average Bonchev–Trinajstić information content (AvgIpc) is 3.43. The number of hydrogen-bond donors (Lipinski definition) is 1. The summed E-state index contributed by atoms with van der Waals surface area (Å²) in [5, 5.41) is 14.0. The number of hydrogen-bond acceptors (Lipinski definition) is 6. The molecule has 0 spiro atoms. The number of carbonyl (C=O) groups is 1. The molecule has 3 aliphatic rings. The zero-order chi connectivity index (χ0) is 32.4. The summed E-state index contributed by atoms with van der Waals surface area (Å²) < 4.78 is 35.0. The van der Waals surface area contributed by atoms with E-state index < -0.39 is 5.97 Å². The van der Waals surface area contributed by atoms with Crippen molar-refractivity contribution < 1.29 is 28.5 Å². The number of fused-ring (bicyclic) bond motifs is 1. The van der Waals surface area contributed by atoms with Crippen LogP contribution in [0.4, 0.5) is 4.39 Å². The molecule has 1 N–H and O–H groups in total. The molecule has 46 heavy (non-hydrogen) atoms. The molecule has 9 heteroatoms. The topological polar surface area (TPSA) is 86.0 Å². The van der Waals surface area contributed by atoms with Crippen LogP contribution in [-0.2, 0) is 24.3 Å². The number of aromatic carboxylic acids is 1. The Labute approximate surface area is 270 Å². The SMILES string of the molecule is COc1c(C(=O)O)cnn1C1=CC=CC(c2cccc(C)c2OCc2cc(F)c3c(c2)CCN(CC2CCCCO2)C3)C(C)C1C. The van der Waals surface area contributed by atoms with Gasteiger partial charge in [0, 0.05) is 54.9 Å². The summed E-state index contributed by atoms with van der Waals surface area (Å²) in [6.07, 6.45) is 11.9. The fourth-order valence-electron chi connectivity index (χ4n) is 7.20. The van der Waals surface area contributed by atoms with Crippen molar-refractivity contribution in [1.82, 2.24) is 14.7 Å². The minimum absolute atomic E-state index is 0.00258. The Morgan fingerprint density at radius 1 is 1.22 bits per heavy atom. The highest BCUT2D eigenvalue weighted by Crippen LogP contribution is 2.43. The van der Waals surface area contributed by atoms with Crippen molar-refractivity contribution in [3.05, 3.63) is 94.0 Å². The number of carboxylic acid groups (broad SMARTS) is 1. The van der Waals surface area contributed by atoms with Gasteiger partial charge in [-0.15, -0.1) is 0 Å². The highest BCUT2D eigenvalue weighted by molar-refractivity contribution is 5.90. The number of allylic oxidation sites excluding steroid dienone is 4. The maximum absolute atomic E-state index is 15.5. The lowest BCUT2D eigenvalue weighted by Crippen LogP contribution is -2.39. The zero-order valence-corrected chi connectivity index (χ0v) is 27.2. The standard InChI is InChI=1S/C37H44FN3O5/c1-23-9-7-12-30(29-11-8-13-34(25(3)24(29)2)41-36(44-4)31(19-39-41)37(42)43)35(23)46-22-26-17-27-14-15-40(21-32(27)33(38)18-26)20-28-10-5-6-16-45-28/h7-9,11-13,17-19,24-25,28-29H,5-6,10,14-16,20-22H2,1-4H3,(H,42,43). The van der Waals surface area contributed by atoms with E-state index in [-0.39, 0.29) is 47.7 Å². The van der Waals surface area contributed by atoms with Crippen LogP contribution < -0.4 is 9.47 Å². The van der Waals surface area contributed by atoms with Gasteiger partial charge in [-0.25, -0.2) is 13.9 Å². The van der Waals surface area contributed by atoms with Gasteiger partial charge in [0.2, 0.25) is 5.88 Å². The largest absolute Gasteiger partial charge is 0.488 e. The molecule has 1 aromatic heterocycles. The van der Waals surface area contributed by atoms with Crippen LogP contribution in [0.2, 0.25) is 0 Å². The fraction of sp³-hybridized carbons (Fsp3) is 0.459. The highest BCUT2D eigenvalue weighted by Gasteiger charge is 2.32. The zero-order valence-electron chi connectivity index (χ0n) is 27.2. The Kier molecular flexibility index (Phi) is 9.61. The van der Waals surface area contributed by atoms with Crippen LogP contribution >= 0.6 is 0 Å². The van der Waals surface area contributed by atoms with E-state index in [1.165, 1.54) is 19.7 Å². The monoisotopic (exact) mass is 629 g/mol. The molecular formula is C37H44FN3O5. The van der Waals surface area contributed by atoms with Gasteiger partial charge in [0.1, 0.15) is 23.7 Å². The number of rotatable bonds is 9. The first kappa shape index (κ1) is 32.0. The van der Waals surface area contributed by atoms with E-state index in [1.54, 1.807) is 10.7 Å². The molecule has 0 radical (unpaired) electrons. The van der Waals surface area contributed by atoms with E-state index in [0.29, 0.717) is 6.54 Å². The van der Waals surface area contributed by atoms with Crippen LogP contribution in [0.1, 0.15) is 77.2 Å². The minimum atomic E-state index is -1.08. The Morgan fingerprint density at radius 3 is 2.83 bits per heavy atom. The normalized spacial score (nSPS) is 23.4. The summed E-state index contributed by atoms with van der Waals surface area (Å²) in [4.78, 5) is 14.0. The first-order valence-corrected chi connectivity index (χ1v) is 16.4. The van der Waals surface area contributed by atoms with Crippen molar-refractivity contribution in [2.75, 3.05) is 26.8 Å². The molecule has 2 aromatic carbocycles. The van der Waals surface area contributed by atoms with Crippen LogP contribution in [0.5, 0.6) is 11.6 Å². The second-order valence-electron chi connectivity index (χ2n) is 12.9. The van der Waals surface area contributed by atoms with Crippen LogP contribution in [0.15, 0.2) is 54.8 Å². The quantitative estimate of drug-likeness (QED) is 0.273. The van der Waals surface area contributed by atoms with Gasteiger partial charge < -0.3 is 19.3 Å². The number of nitrogens with zero attached hydrogens (tertiary/aromatic N) is 3.